The Kier molecular flexibility index (Phi) is 4.91. The Morgan fingerprint density at radius 1 is 1.12 bits per heavy atom. The van der Waals surface area contributed by atoms with E-state index in [1.807, 2.05) is 36.8 Å². The zero-order valence-electron chi connectivity index (χ0n) is 17.5. The Labute approximate surface area is 194 Å². The third-order valence-electron chi connectivity index (χ3n) is 6.73. The van der Waals surface area contributed by atoms with Crippen molar-refractivity contribution in [2.24, 2.45) is 11.8 Å². The van der Waals surface area contributed by atoms with Crippen LogP contribution in [0.1, 0.15) is 26.5 Å². The summed E-state index contributed by atoms with van der Waals surface area (Å²) in [5.74, 6) is -1.62. The minimum atomic E-state index is -0.796. The summed E-state index contributed by atoms with van der Waals surface area (Å²) in [4.78, 5) is 8.45. The minimum absolute atomic E-state index is 0.159. The number of ether oxygens (including phenoxy) is 4. The number of halogens is 3. The van der Waals surface area contributed by atoms with Gasteiger partial charge in [0, 0.05) is 24.6 Å². The molecule has 2 aromatic rings. The van der Waals surface area contributed by atoms with Gasteiger partial charge < -0.3 is 23.5 Å². The van der Waals surface area contributed by atoms with E-state index in [2.05, 4.69) is 9.97 Å². The monoisotopic (exact) mass is 481 g/mol. The lowest BCUT2D eigenvalue weighted by molar-refractivity contribution is -0.219. The van der Waals surface area contributed by atoms with Gasteiger partial charge in [0.15, 0.2) is 12.0 Å². The molecule has 0 radical (unpaired) electrons. The molecule has 2 aromatic heterocycles. The first kappa shape index (κ1) is 21.0. The van der Waals surface area contributed by atoms with Crippen molar-refractivity contribution in [3.63, 3.8) is 0 Å². The second-order valence-electron chi connectivity index (χ2n) is 9.04. The van der Waals surface area contributed by atoms with Crippen LogP contribution in [0.25, 0.3) is 11.0 Å². The molecule has 3 saturated heterocycles. The maximum absolute atomic E-state index is 14.8. The second kappa shape index (κ2) is 7.48. The van der Waals surface area contributed by atoms with Gasteiger partial charge >= 0.3 is 0 Å². The van der Waals surface area contributed by atoms with Crippen LogP contribution >= 0.6 is 23.2 Å². The zero-order chi connectivity index (χ0) is 22.2. The number of hydrogen-bond acceptors (Lipinski definition) is 6. The number of aromatic nitrogens is 3. The van der Waals surface area contributed by atoms with Crippen molar-refractivity contribution in [1.82, 2.24) is 14.5 Å². The van der Waals surface area contributed by atoms with Crippen LogP contribution in [-0.4, -0.2) is 51.3 Å². The fourth-order valence-corrected chi connectivity index (χ4v) is 5.81. The van der Waals surface area contributed by atoms with Crippen molar-refractivity contribution >= 4 is 34.2 Å². The lowest BCUT2D eigenvalue weighted by atomic mass is 9.77. The molecule has 2 unspecified atom stereocenters. The third kappa shape index (κ3) is 3.15. The Morgan fingerprint density at radius 2 is 1.94 bits per heavy atom. The van der Waals surface area contributed by atoms with E-state index in [9.17, 15) is 4.39 Å². The minimum Gasteiger partial charge on any atom is -0.375 e. The molecule has 4 aliphatic rings. The summed E-state index contributed by atoms with van der Waals surface area (Å²) in [6, 6.07) is 1.85. The molecule has 3 fully saturated rings. The van der Waals surface area contributed by atoms with Crippen LogP contribution in [0, 0.1) is 11.8 Å². The number of fused-ring (bicyclic) bond motifs is 3. The highest BCUT2D eigenvalue weighted by atomic mass is 35.5. The van der Waals surface area contributed by atoms with Crippen LogP contribution in [0.4, 0.5) is 4.39 Å². The zero-order valence-corrected chi connectivity index (χ0v) is 19.0. The molecular weight excluding hydrogens is 460 g/mol. The summed E-state index contributed by atoms with van der Waals surface area (Å²) >= 11 is 12.3. The molecule has 6 rings (SSSR count). The molecule has 7 nitrogen and oxygen atoms in total. The van der Waals surface area contributed by atoms with Crippen LogP contribution in [0.3, 0.4) is 0 Å². The molecule has 0 N–H and O–H groups in total. The Bertz CT molecular complexity index is 1140. The number of rotatable bonds is 2. The molecule has 0 bridgehead atoms. The maximum Gasteiger partial charge on any atom is 0.164 e. The van der Waals surface area contributed by atoms with Gasteiger partial charge in [-0.1, -0.05) is 29.3 Å². The van der Waals surface area contributed by atoms with Gasteiger partial charge in [-0.25, -0.2) is 14.4 Å². The smallest absolute Gasteiger partial charge is 0.164 e. The van der Waals surface area contributed by atoms with E-state index in [1.54, 1.807) is 6.08 Å². The molecule has 0 aromatic carbocycles. The lowest BCUT2D eigenvalue weighted by Crippen LogP contribution is -2.49. The van der Waals surface area contributed by atoms with Gasteiger partial charge in [-0.3, -0.25) is 0 Å². The first-order chi connectivity index (χ1) is 15.3. The van der Waals surface area contributed by atoms with Crippen LogP contribution < -0.4 is 0 Å². The van der Waals surface area contributed by atoms with Crippen LogP contribution in [0.2, 0.25) is 5.15 Å². The normalized spacial score (nSPS) is 38.3. The van der Waals surface area contributed by atoms with E-state index < -0.39 is 36.4 Å². The van der Waals surface area contributed by atoms with Gasteiger partial charge in [-0.05, 0) is 32.4 Å². The Morgan fingerprint density at radius 3 is 2.78 bits per heavy atom. The molecule has 32 heavy (non-hydrogen) atoms. The topological polar surface area (TPSA) is 67.6 Å². The Hall–Kier alpha value is -1.55. The van der Waals surface area contributed by atoms with Crippen LogP contribution in [-0.2, 0) is 18.9 Å². The van der Waals surface area contributed by atoms with E-state index in [-0.39, 0.29) is 22.7 Å². The molecule has 7 atom stereocenters. The molecule has 170 valence electrons. The van der Waals surface area contributed by atoms with E-state index in [0.29, 0.717) is 23.8 Å². The van der Waals surface area contributed by atoms with Gasteiger partial charge in [0.1, 0.15) is 41.3 Å². The predicted molar refractivity (Wildman–Crippen MR) is 115 cm³/mol. The molecule has 0 amide bonds. The highest BCUT2D eigenvalue weighted by Gasteiger charge is 2.60. The van der Waals surface area contributed by atoms with Crippen molar-refractivity contribution in [1.29, 1.82) is 0 Å². The lowest BCUT2D eigenvalue weighted by Gasteiger charge is -2.41. The van der Waals surface area contributed by atoms with Gasteiger partial charge in [0.05, 0.1) is 16.5 Å². The van der Waals surface area contributed by atoms with Crippen molar-refractivity contribution in [2.45, 2.75) is 56.7 Å². The Balaban J connectivity index is 1.38. The number of nitrogens with zero attached hydrogens (tertiary/aromatic N) is 3. The predicted octanol–water partition coefficient (Wildman–Crippen LogP) is 4.51. The standard InChI is InChI=1S/C22H22Cl2FN3O4/c1-22(2)31-17-16(15-11-3-4-13(23)14(25)10(11)6-8-29-15)30-21(18(17)32-22)28-7-5-12-19(24)26-9-27-20(12)28/h3-5,7,9-11,15-18,21H,6,8H2,1-2H3/t10?,11?,15-,16-,17-,18-,21-/m1/s1. The van der Waals surface area contributed by atoms with E-state index >= 15 is 0 Å². The average molecular weight is 482 g/mol. The number of hydrogen-bond donors (Lipinski definition) is 0. The fourth-order valence-electron chi connectivity index (χ4n) is 5.41. The maximum atomic E-state index is 14.8. The molecular formula is C22H22Cl2FN3O4. The summed E-state index contributed by atoms with van der Waals surface area (Å²) in [7, 11) is 0. The van der Waals surface area contributed by atoms with E-state index in [1.165, 1.54) is 6.33 Å². The number of allylic oxidation sites excluding steroid dienone is 3. The summed E-state index contributed by atoms with van der Waals surface area (Å²) < 4.78 is 41.9. The molecule has 1 aliphatic carbocycles. The quantitative estimate of drug-likeness (QED) is 0.587. The van der Waals surface area contributed by atoms with Crippen molar-refractivity contribution in [2.75, 3.05) is 6.61 Å². The van der Waals surface area contributed by atoms with Gasteiger partial charge in [0.2, 0.25) is 0 Å². The van der Waals surface area contributed by atoms with Crippen molar-refractivity contribution in [3.8, 4) is 0 Å². The van der Waals surface area contributed by atoms with E-state index in [0.717, 1.165) is 5.39 Å². The van der Waals surface area contributed by atoms with Crippen molar-refractivity contribution in [3.05, 3.63) is 46.8 Å². The van der Waals surface area contributed by atoms with Crippen molar-refractivity contribution < 1.29 is 23.3 Å². The third-order valence-corrected chi connectivity index (χ3v) is 7.33. The molecule has 0 saturated carbocycles. The highest BCUT2D eigenvalue weighted by Crippen LogP contribution is 2.49. The van der Waals surface area contributed by atoms with Gasteiger partial charge in [-0.2, -0.15) is 0 Å². The summed E-state index contributed by atoms with van der Waals surface area (Å²) in [6.07, 6.45) is 5.18. The molecule has 0 spiro atoms. The summed E-state index contributed by atoms with van der Waals surface area (Å²) in [6.45, 7) is 4.16. The SMILES string of the molecule is CC1(C)O[C@H]2[C@@H](O1)[C@H](n1ccc3c(Cl)ncnc31)O[C@@H]2[C@@H]1OCCC2C(F)=C(Cl)C=CC21. The summed E-state index contributed by atoms with van der Waals surface area (Å²) in [5, 5.41) is 1.25. The van der Waals surface area contributed by atoms with Crippen LogP contribution in [0.15, 0.2) is 41.6 Å². The summed E-state index contributed by atoms with van der Waals surface area (Å²) in [5.41, 5.74) is 0.642. The second-order valence-corrected chi connectivity index (χ2v) is 9.81. The van der Waals surface area contributed by atoms with Gasteiger partial charge in [-0.15, -0.1) is 0 Å². The largest absolute Gasteiger partial charge is 0.375 e. The average Bonchev–Trinajstić information content (AvgIpc) is 3.42. The molecule has 10 heteroatoms. The van der Waals surface area contributed by atoms with E-state index in [4.69, 9.17) is 42.1 Å². The molecule has 5 heterocycles. The fraction of sp³-hybridized carbons (Fsp3) is 0.545. The first-order valence-electron chi connectivity index (χ1n) is 10.7. The highest BCUT2D eigenvalue weighted by molar-refractivity contribution is 6.33. The first-order valence-corrected chi connectivity index (χ1v) is 11.4. The van der Waals surface area contributed by atoms with Gasteiger partial charge in [0.25, 0.3) is 0 Å². The molecule has 3 aliphatic heterocycles. The van der Waals surface area contributed by atoms with Crippen LogP contribution in [0.5, 0.6) is 0 Å².